The molecular formula is C13H20FNO2. The highest BCUT2D eigenvalue weighted by atomic mass is 19.1. The molecule has 0 fully saturated rings. The van der Waals surface area contributed by atoms with Crippen molar-refractivity contribution in [3.63, 3.8) is 0 Å². The monoisotopic (exact) mass is 241 g/mol. The summed E-state index contributed by atoms with van der Waals surface area (Å²) in [4.78, 5) is 0. The first-order valence-corrected chi connectivity index (χ1v) is 5.88. The number of ether oxygens (including phenoxy) is 2. The predicted octanol–water partition coefficient (Wildman–Crippen LogP) is 2.35. The molecule has 0 heterocycles. The van der Waals surface area contributed by atoms with Crippen LogP contribution in [0.15, 0.2) is 18.2 Å². The third-order valence-electron chi connectivity index (χ3n) is 2.31. The molecule has 0 unspecified atom stereocenters. The van der Waals surface area contributed by atoms with E-state index in [1.165, 1.54) is 12.1 Å². The van der Waals surface area contributed by atoms with Crippen LogP contribution in [-0.4, -0.2) is 26.9 Å². The van der Waals surface area contributed by atoms with Gasteiger partial charge in [-0.25, -0.2) is 4.39 Å². The Labute approximate surface area is 102 Å². The summed E-state index contributed by atoms with van der Waals surface area (Å²) in [6, 6.07) is 4.57. The smallest absolute Gasteiger partial charge is 0.124 e. The van der Waals surface area contributed by atoms with Gasteiger partial charge in [-0.15, -0.1) is 0 Å². The van der Waals surface area contributed by atoms with Crippen LogP contribution in [0.4, 0.5) is 4.39 Å². The van der Waals surface area contributed by atoms with Crippen LogP contribution < -0.4 is 10.1 Å². The molecule has 0 aliphatic heterocycles. The minimum atomic E-state index is -0.239. The van der Waals surface area contributed by atoms with Crippen molar-refractivity contribution >= 4 is 0 Å². The highest BCUT2D eigenvalue weighted by Crippen LogP contribution is 2.19. The van der Waals surface area contributed by atoms with E-state index in [1.54, 1.807) is 13.2 Å². The van der Waals surface area contributed by atoms with Gasteiger partial charge < -0.3 is 14.8 Å². The SMILES string of the molecule is CCCNCc1cc(F)ccc1OCCOC. The fourth-order valence-electron chi connectivity index (χ4n) is 1.46. The molecule has 0 aliphatic carbocycles. The molecule has 0 saturated heterocycles. The summed E-state index contributed by atoms with van der Waals surface area (Å²) in [5, 5.41) is 3.23. The standard InChI is InChI=1S/C13H20FNO2/c1-3-6-15-10-11-9-12(14)4-5-13(11)17-8-7-16-2/h4-5,9,15H,3,6-8,10H2,1-2H3. The van der Waals surface area contributed by atoms with Crippen LogP contribution in [0.2, 0.25) is 0 Å². The van der Waals surface area contributed by atoms with Crippen LogP contribution in [0.5, 0.6) is 5.75 Å². The first-order valence-electron chi connectivity index (χ1n) is 5.88. The quantitative estimate of drug-likeness (QED) is 0.709. The van der Waals surface area contributed by atoms with E-state index in [0.29, 0.717) is 25.5 Å². The first kappa shape index (κ1) is 13.9. The van der Waals surface area contributed by atoms with Crippen molar-refractivity contribution in [2.45, 2.75) is 19.9 Å². The third-order valence-corrected chi connectivity index (χ3v) is 2.31. The zero-order valence-electron chi connectivity index (χ0n) is 10.5. The van der Waals surface area contributed by atoms with E-state index >= 15 is 0 Å². The lowest BCUT2D eigenvalue weighted by Gasteiger charge is -2.12. The highest BCUT2D eigenvalue weighted by molar-refractivity contribution is 5.33. The number of hydrogen-bond acceptors (Lipinski definition) is 3. The molecule has 0 saturated carbocycles. The molecule has 0 radical (unpaired) electrons. The summed E-state index contributed by atoms with van der Waals surface area (Å²) >= 11 is 0. The van der Waals surface area contributed by atoms with Gasteiger partial charge >= 0.3 is 0 Å². The van der Waals surface area contributed by atoms with E-state index in [9.17, 15) is 4.39 Å². The Morgan fingerprint density at radius 1 is 1.29 bits per heavy atom. The Balaban J connectivity index is 2.59. The molecule has 0 aromatic heterocycles. The number of nitrogens with one attached hydrogen (secondary N) is 1. The second-order valence-corrected chi connectivity index (χ2v) is 3.77. The Kier molecular flexibility index (Phi) is 6.58. The first-order chi connectivity index (χ1) is 8.27. The number of rotatable bonds is 8. The molecule has 1 aromatic rings. The van der Waals surface area contributed by atoms with E-state index in [0.717, 1.165) is 18.5 Å². The van der Waals surface area contributed by atoms with Crippen LogP contribution in [0.25, 0.3) is 0 Å². The largest absolute Gasteiger partial charge is 0.491 e. The van der Waals surface area contributed by atoms with Gasteiger partial charge in [-0.05, 0) is 31.2 Å². The van der Waals surface area contributed by atoms with Crippen LogP contribution >= 0.6 is 0 Å². The van der Waals surface area contributed by atoms with Gasteiger partial charge in [0.25, 0.3) is 0 Å². The summed E-state index contributed by atoms with van der Waals surface area (Å²) < 4.78 is 23.6. The molecule has 1 N–H and O–H groups in total. The van der Waals surface area contributed by atoms with Crippen molar-refractivity contribution < 1.29 is 13.9 Å². The molecule has 96 valence electrons. The summed E-state index contributed by atoms with van der Waals surface area (Å²) in [5.41, 5.74) is 0.842. The van der Waals surface area contributed by atoms with E-state index in [-0.39, 0.29) is 5.82 Å². The molecule has 17 heavy (non-hydrogen) atoms. The lowest BCUT2D eigenvalue weighted by molar-refractivity contribution is 0.145. The molecule has 1 aromatic carbocycles. The second kappa shape index (κ2) is 8.03. The molecule has 0 bridgehead atoms. The van der Waals surface area contributed by atoms with E-state index < -0.39 is 0 Å². The number of methoxy groups -OCH3 is 1. The van der Waals surface area contributed by atoms with Crippen molar-refractivity contribution in [3.05, 3.63) is 29.6 Å². The molecule has 0 amide bonds. The third kappa shape index (κ3) is 5.15. The fraction of sp³-hybridized carbons (Fsp3) is 0.538. The Morgan fingerprint density at radius 3 is 2.82 bits per heavy atom. The molecule has 0 spiro atoms. The van der Waals surface area contributed by atoms with Crippen molar-refractivity contribution in [2.24, 2.45) is 0 Å². The minimum Gasteiger partial charge on any atom is -0.491 e. The van der Waals surface area contributed by atoms with Crippen LogP contribution in [0, 0.1) is 5.82 Å². The summed E-state index contributed by atoms with van der Waals surface area (Å²) in [6.07, 6.45) is 1.05. The van der Waals surface area contributed by atoms with Crippen LogP contribution in [-0.2, 0) is 11.3 Å². The fourth-order valence-corrected chi connectivity index (χ4v) is 1.46. The van der Waals surface area contributed by atoms with Gasteiger partial charge in [-0.2, -0.15) is 0 Å². The average Bonchev–Trinajstić information content (AvgIpc) is 2.32. The number of halogens is 1. The van der Waals surface area contributed by atoms with E-state index in [1.807, 2.05) is 0 Å². The molecule has 3 nitrogen and oxygen atoms in total. The summed E-state index contributed by atoms with van der Waals surface area (Å²) in [5.74, 6) is 0.476. The molecule has 0 atom stereocenters. The lowest BCUT2D eigenvalue weighted by atomic mass is 10.2. The van der Waals surface area contributed by atoms with Gasteiger partial charge in [-0.1, -0.05) is 6.92 Å². The van der Waals surface area contributed by atoms with Gasteiger partial charge in [0.15, 0.2) is 0 Å². The Morgan fingerprint density at radius 2 is 2.12 bits per heavy atom. The molecular weight excluding hydrogens is 221 g/mol. The predicted molar refractivity (Wildman–Crippen MR) is 65.8 cm³/mol. The summed E-state index contributed by atoms with van der Waals surface area (Å²) in [7, 11) is 1.62. The van der Waals surface area contributed by atoms with Gasteiger partial charge in [0.2, 0.25) is 0 Å². The Bertz CT molecular complexity index is 331. The number of hydrogen-bond donors (Lipinski definition) is 1. The van der Waals surface area contributed by atoms with Gasteiger partial charge in [0.05, 0.1) is 6.61 Å². The van der Waals surface area contributed by atoms with Crippen molar-refractivity contribution in [1.29, 1.82) is 0 Å². The summed E-state index contributed by atoms with van der Waals surface area (Å²) in [6.45, 7) is 4.62. The zero-order valence-corrected chi connectivity index (χ0v) is 10.5. The van der Waals surface area contributed by atoms with Crippen LogP contribution in [0.3, 0.4) is 0 Å². The maximum Gasteiger partial charge on any atom is 0.124 e. The van der Waals surface area contributed by atoms with Crippen molar-refractivity contribution in [3.8, 4) is 5.75 Å². The average molecular weight is 241 g/mol. The van der Waals surface area contributed by atoms with Crippen LogP contribution in [0.1, 0.15) is 18.9 Å². The lowest BCUT2D eigenvalue weighted by Crippen LogP contribution is -2.15. The zero-order chi connectivity index (χ0) is 12.5. The highest BCUT2D eigenvalue weighted by Gasteiger charge is 2.05. The molecule has 4 heteroatoms. The second-order valence-electron chi connectivity index (χ2n) is 3.77. The van der Waals surface area contributed by atoms with E-state index in [2.05, 4.69) is 12.2 Å². The number of benzene rings is 1. The normalized spacial score (nSPS) is 10.5. The van der Waals surface area contributed by atoms with Gasteiger partial charge in [0.1, 0.15) is 18.2 Å². The molecule has 1 rings (SSSR count). The van der Waals surface area contributed by atoms with Crippen molar-refractivity contribution in [1.82, 2.24) is 5.32 Å². The van der Waals surface area contributed by atoms with Gasteiger partial charge in [-0.3, -0.25) is 0 Å². The van der Waals surface area contributed by atoms with Gasteiger partial charge in [0, 0.05) is 19.2 Å². The van der Waals surface area contributed by atoms with Crippen molar-refractivity contribution in [2.75, 3.05) is 26.9 Å². The minimum absolute atomic E-state index is 0.239. The molecule has 0 aliphatic rings. The maximum absolute atomic E-state index is 13.1. The maximum atomic E-state index is 13.1. The topological polar surface area (TPSA) is 30.5 Å². The Hall–Kier alpha value is -1.13. The van der Waals surface area contributed by atoms with E-state index in [4.69, 9.17) is 9.47 Å².